The number of ketones is 1. The molecule has 0 amide bonds. The predicted molar refractivity (Wildman–Crippen MR) is 119 cm³/mol. The van der Waals surface area contributed by atoms with Crippen LogP contribution in [-0.2, 0) is 0 Å². The number of aromatic hydroxyl groups is 2. The molecule has 8 heteroatoms. The van der Waals surface area contributed by atoms with E-state index in [-0.39, 0.29) is 41.6 Å². The van der Waals surface area contributed by atoms with Gasteiger partial charge in [-0.1, -0.05) is 5.57 Å². The van der Waals surface area contributed by atoms with Crippen molar-refractivity contribution in [3.8, 4) is 28.7 Å². The van der Waals surface area contributed by atoms with Crippen LogP contribution in [0.3, 0.4) is 0 Å². The summed E-state index contributed by atoms with van der Waals surface area (Å²) in [6.07, 6.45) is -1.37. The number of hydrogen-bond donors (Lipinski definition) is 4. The van der Waals surface area contributed by atoms with Crippen LogP contribution in [0.5, 0.6) is 28.7 Å². The van der Waals surface area contributed by atoms with Crippen molar-refractivity contribution in [2.45, 2.75) is 58.0 Å². The van der Waals surface area contributed by atoms with E-state index in [1.54, 1.807) is 26.0 Å². The van der Waals surface area contributed by atoms with Crippen LogP contribution in [0.4, 0.5) is 0 Å². The molecule has 0 fully saturated rings. The third kappa shape index (κ3) is 4.24. The fourth-order valence-corrected chi connectivity index (χ4v) is 4.05. The molecule has 2 aliphatic rings. The Balaban J connectivity index is 1.78. The fourth-order valence-electron chi connectivity index (χ4n) is 4.05. The van der Waals surface area contributed by atoms with Gasteiger partial charge in [0.05, 0.1) is 6.42 Å². The van der Waals surface area contributed by atoms with Gasteiger partial charge in [-0.25, -0.2) is 0 Å². The quantitative estimate of drug-likeness (QED) is 0.513. The molecule has 3 atom stereocenters. The first-order chi connectivity index (χ1) is 15.5. The molecule has 4 N–H and O–H groups in total. The van der Waals surface area contributed by atoms with Crippen molar-refractivity contribution in [3.05, 3.63) is 52.6 Å². The Kier molecular flexibility index (Phi) is 5.76. The fraction of sp³-hybridized carbons (Fsp3) is 0.400. The van der Waals surface area contributed by atoms with E-state index >= 15 is 0 Å². The second-order valence-electron chi connectivity index (χ2n) is 9.20. The summed E-state index contributed by atoms with van der Waals surface area (Å²) in [6.45, 7) is 7.50. The van der Waals surface area contributed by atoms with Crippen LogP contribution in [-0.4, -0.2) is 44.5 Å². The van der Waals surface area contributed by atoms with Gasteiger partial charge >= 0.3 is 0 Å². The molecule has 33 heavy (non-hydrogen) atoms. The van der Waals surface area contributed by atoms with E-state index < -0.39 is 23.9 Å². The van der Waals surface area contributed by atoms with Crippen molar-refractivity contribution >= 4 is 5.78 Å². The lowest BCUT2D eigenvalue weighted by Gasteiger charge is -2.41. The first-order valence-electron chi connectivity index (χ1n) is 10.7. The van der Waals surface area contributed by atoms with Crippen molar-refractivity contribution < 1.29 is 39.4 Å². The van der Waals surface area contributed by atoms with Gasteiger partial charge in [0.1, 0.15) is 53.3 Å². The molecule has 0 radical (unpaired) electrons. The smallest absolute Gasteiger partial charge is 0.174 e. The molecule has 2 aliphatic heterocycles. The maximum Gasteiger partial charge on any atom is 0.174 e. The normalized spacial score (nSPS) is 23.0. The van der Waals surface area contributed by atoms with Crippen LogP contribution in [0, 0.1) is 0 Å². The van der Waals surface area contributed by atoms with Gasteiger partial charge in [0, 0.05) is 17.7 Å². The molecule has 0 aliphatic carbocycles. The van der Waals surface area contributed by atoms with Crippen molar-refractivity contribution in [1.82, 2.24) is 0 Å². The van der Waals surface area contributed by atoms with Crippen molar-refractivity contribution in [3.63, 3.8) is 0 Å². The predicted octanol–water partition coefficient (Wildman–Crippen LogP) is 3.71. The van der Waals surface area contributed by atoms with E-state index in [0.29, 0.717) is 22.6 Å². The average molecular weight is 456 g/mol. The van der Waals surface area contributed by atoms with Crippen molar-refractivity contribution in [2.24, 2.45) is 0 Å². The number of benzene rings is 2. The van der Waals surface area contributed by atoms with Crippen LogP contribution >= 0.6 is 0 Å². The molecule has 2 aromatic carbocycles. The third-order valence-electron chi connectivity index (χ3n) is 5.89. The van der Waals surface area contributed by atoms with Gasteiger partial charge in [-0.2, -0.15) is 0 Å². The number of fused-ring (bicyclic) bond motifs is 2. The van der Waals surface area contributed by atoms with E-state index in [4.69, 9.17) is 14.2 Å². The van der Waals surface area contributed by atoms with Gasteiger partial charge in [-0.3, -0.25) is 4.79 Å². The number of aliphatic hydroxyl groups is 2. The average Bonchev–Trinajstić information content (AvgIpc) is 2.71. The Hall–Kier alpha value is -3.23. The molecular weight excluding hydrogens is 428 g/mol. The zero-order chi connectivity index (χ0) is 24.1. The van der Waals surface area contributed by atoms with Gasteiger partial charge in [-0.05, 0) is 51.5 Å². The van der Waals surface area contributed by atoms with E-state index in [2.05, 4.69) is 0 Å². The van der Waals surface area contributed by atoms with Crippen LogP contribution in [0.25, 0.3) is 0 Å². The zero-order valence-corrected chi connectivity index (χ0v) is 19.0. The Morgan fingerprint density at radius 2 is 1.91 bits per heavy atom. The number of rotatable bonds is 4. The monoisotopic (exact) mass is 456 g/mol. The highest BCUT2D eigenvalue weighted by atomic mass is 16.5. The summed E-state index contributed by atoms with van der Waals surface area (Å²) in [5.41, 5.74) is 0.884. The number of aliphatic hydroxyl groups excluding tert-OH is 2. The molecule has 2 aromatic rings. The van der Waals surface area contributed by atoms with E-state index in [0.717, 1.165) is 11.6 Å². The van der Waals surface area contributed by atoms with Gasteiger partial charge < -0.3 is 34.6 Å². The lowest BCUT2D eigenvalue weighted by atomic mass is 9.86. The Labute approximate surface area is 191 Å². The molecule has 2 heterocycles. The van der Waals surface area contributed by atoms with E-state index in [1.807, 2.05) is 19.9 Å². The van der Waals surface area contributed by atoms with Crippen LogP contribution < -0.4 is 14.2 Å². The molecule has 176 valence electrons. The number of allylic oxidation sites excluding steroid dienone is 1. The standard InChI is InChI=1S/C25H28O8/c1-12(2)5-6-31-20-8-13(7-15-22(29)24(30)25(3,4)33-23(15)20)18-11-17(28)21-16(27)9-14(26)10-19(21)32-18/h5,7-10,18,22,24,26-27,29-30H,6,11H2,1-4H3/t18-,22-,24+/m0/s1. The summed E-state index contributed by atoms with van der Waals surface area (Å²) in [6, 6.07) is 5.67. The maximum absolute atomic E-state index is 12.7. The summed E-state index contributed by atoms with van der Waals surface area (Å²) >= 11 is 0. The summed E-state index contributed by atoms with van der Waals surface area (Å²) in [5.74, 6) is -0.192. The first-order valence-corrected chi connectivity index (χ1v) is 10.7. The van der Waals surface area contributed by atoms with Crippen molar-refractivity contribution in [2.75, 3.05) is 6.61 Å². The highest BCUT2D eigenvalue weighted by Crippen LogP contribution is 2.48. The SMILES string of the molecule is CC(C)=CCOc1cc([C@@H]2CC(=O)c3c(O)cc(O)cc3O2)cc2c1OC(C)(C)[C@H](O)[C@H]2O. The lowest BCUT2D eigenvalue weighted by molar-refractivity contribution is -0.112. The highest BCUT2D eigenvalue weighted by Gasteiger charge is 2.44. The maximum atomic E-state index is 12.7. The zero-order valence-electron chi connectivity index (χ0n) is 19.0. The number of hydrogen-bond acceptors (Lipinski definition) is 8. The lowest BCUT2D eigenvalue weighted by Crippen LogP contribution is -2.48. The minimum Gasteiger partial charge on any atom is -0.508 e. The number of Topliss-reactive ketones (excluding diaryl/α,β-unsaturated/α-hetero) is 1. The minimum atomic E-state index is -1.24. The molecule has 4 rings (SSSR count). The molecule has 0 unspecified atom stereocenters. The summed E-state index contributed by atoms with van der Waals surface area (Å²) in [4.78, 5) is 12.7. The topological polar surface area (TPSA) is 126 Å². The number of carbonyl (C=O) groups is 1. The Morgan fingerprint density at radius 1 is 1.18 bits per heavy atom. The van der Waals surface area contributed by atoms with Crippen LogP contribution in [0.2, 0.25) is 0 Å². The van der Waals surface area contributed by atoms with Crippen LogP contribution in [0.1, 0.15) is 67.8 Å². The van der Waals surface area contributed by atoms with Gasteiger partial charge in [0.25, 0.3) is 0 Å². The third-order valence-corrected chi connectivity index (χ3v) is 5.89. The number of phenolic OH excluding ortho intramolecular Hbond substituents is 2. The van der Waals surface area contributed by atoms with E-state index in [9.17, 15) is 25.2 Å². The van der Waals surface area contributed by atoms with Crippen LogP contribution in [0.15, 0.2) is 35.9 Å². The number of phenols is 2. The molecule has 0 spiro atoms. The molecule has 0 aromatic heterocycles. The second-order valence-corrected chi connectivity index (χ2v) is 9.20. The van der Waals surface area contributed by atoms with E-state index in [1.165, 1.54) is 6.07 Å². The van der Waals surface area contributed by atoms with Gasteiger partial charge in [-0.15, -0.1) is 0 Å². The molecule has 0 bridgehead atoms. The Morgan fingerprint density at radius 3 is 2.61 bits per heavy atom. The molecule has 8 nitrogen and oxygen atoms in total. The Bertz CT molecular complexity index is 1130. The summed E-state index contributed by atoms with van der Waals surface area (Å²) in [7, 11) is 0. The highest BCUT2D eigenvalue weighted by molar-refractivity contribution is 6.02. The number of ether oxygens (including phenoxy) is 3. The first kappa shape index (κ1) is 22.9. The largest absolute Gasteiger partial charge is 0.508 e. The second kappa shape index (κ2) is 8.28. The molecule has 0 saturated carbocycles. The molecule has 0 saturated heterocycles. The summed E-state index contributed by atoms with van der Waals surface area (Å²) < 4.78 is 17.9. The number of carbonyl (C=O) groups excluding carboxylic acids is 1. The molecular formula is C25H28O8. The van der Waals surface area contributed by atoms with Gasteiger partial charge in [0.15, 0.2) is 17.3 Å². The minimum absolute atomic E-state index is 0.0163. The van der Waals surface area contributed by atoms with Gasteiger partial charge in [0.2, 0.25) is 0 Å². The van der Waals surface area contributed by atoms with Crippen molar-refractivity contribution in [1.29, 1.82) is 0 Å². The summed E-state index contributed by atoms with van der Waals surface area (Å²) in [5, 5.41) is 41.3.